The van der Waals surface area contributed by atoms with Gasteiger partial charge in [-0.15, -0.1) is 0 Å². The van der Waals surface area contributed by atoms with Crippen molar-refractivity contribution in [1.82, 2.24) is 4.98 Å². The lowest BCUT2D eigenvalue weighted by atomic mass is 10.0. The summed E-state index contributed by atoms with van der Waals surface area (Å²) >= 11 is 0. The second kappa shape index (κ2) is 4.14. The van der Waals surface area contributed by atoms with E-state index in [1.54, 1.807) is 0 Å². The molecule has 1 aromatic carbocycles. The monoisotopic (exact) mass is 220 g/mol. The molecule has 0 fully saturated rings. The first-order valence-corrected chi connectivity index (χ1v) is 5.35. The van der Waals surface area contributed by atoms with Crippen LogP contribution in [0.4, 0.5) is 6.01 Å². The van der Waals surface area contributed by atoms with E-state index in [2.05, 4.69) is 10.3 Å². The number of aliphatic hydroxyl groups is 1. The number of anilines is 1. The van der Waals surface area contributed by atoms with Gasteiger partial charge in [0.15, 0.2) is 5.58 Å². The van der Waals surface area contributed by atoms with Crippen LogP contribution in [0.1, 0.15) is 20.3 Å². The molecule has 0 aliphatic carbocycles. The molecule has 4 heteroatoms. The Balaban J connectivity index is 2.21. The summed E-state index contributed by atoms with van der Waals surface area (Å²) < 4.78 is 5.55. The highest BCUT2D eigenvalue weighted by Gasteiger charge is 2.19. The minimum absolute atomic E-state index is 0.139. The molecule has 1 aromatic heterocycles. The molecule has 0 saturated heterocycles. The summed E-state index contributed by atoms with van der Waals surface area (Å²) in [4.78, 5) is 4.32. The van der Waals surface area contributed by atoms with Gasteiger partial charge in [0.1, 0.15) is 5.52 Å². The van der Waals surface area contributed by atoms with E-state index in [1.807, 2.05) is 38.1 Å². The standard InChI is InChI=1S/C12H16N2O2/c1-12(2,7-8-15)14-11-13-9-5-3-4-6-10(9)16-11/h3-6,15H,7-8H2,1-2H3,(H,13,14). The van der Waals surface area contributed by atoms with Crippen LogP contribution in [0.15, 0.2) is 28.7 Å². The summed E-state index contributed by atoms with van der Waals surface area (Å²) in [7, 11) is 0. The van der Waals surface area contributed by atoms with Crippen molar-refractivity contribution in [3.63, 3.8) is 0 Å². The number of oxazole rings is 1. The largest absolute Gasteiger partial charge is 0.424 e. The molecule has 0 aliphatic heterocycles. The van der Waals surface area contributed by atoms with Gasteiger partial charge in [0.05, 0.1) is 0 Å². The minimum Gasteiger partial charge on any atom is -0.424 e. The fourth-order valence-corrected chi connectivity index (χ4v) is 1.56. The molecule has 0 spiro atoms. The van der Waals surface area contributed by atoms with Crippen molar-refractivity contribution < 1.29 is 9.52 Å². The maximum absolute atomic E-state index is 8.93. The Morgan fingerprint density at radius 1 is 1.38 bits per heavy atom. The van der Waals surface area contributed by atoms with Crippen LogP contribution in [0.3, 0.4) is 0 Å². The van der Waals surface area contributed by atoms with Gasteiger partial charge in [-0.05, 0) is 32.4 Å². The predicted octanol–water partition coefficient (Wildman–Crippen LogP) is 2.40. The molecule has 16 heavy (non-hydrogen) atoms. The lowest BCUT2D eigenvalue weighted by molar-refractivity contribution is 0.259. The van der Waals surface area contributed by atoms with Crippen LogP contribution in [0.2, 0.25) is 0 Å². The summed E-state index contributed by atoms with van der Waals surface area (Å²) in [6.07, 6.45) is 0.645. The molecule has 2 N–H and O–H groups in total. The van der Waals surface area contributed by atoms with Crippen molar-refractivity contribution in [2.24, 2.45) is 0 Å². The maximum atomic E-state index is 8.93. The number of aromatic nitrogens is 1. The fraction of sp³-hybridized carbons (Fsp3) is 0.417. The normalized spacial score (nSPS) is 11.9. The Labute approximate surface area is 94.3 Å². The summed E-state index contributed by atoms with van der Waals surface area (Å²) in [5.41, 5.74) is 1.38. The Morgan fingerprint density at radius 2 is 2.12 bits per heavy atom. The van der Waals surface area contributed by atoms with Gasteiger partial charge in [-0.1, -0.05) is 12.1 Å². The van der Waals surface area contributed by atoms with Crippen LogP contribution in [-0.4, -0.2) is 22.2 Å². The zero-order chi connectivity index (χ0) is 11.6. The van der Waals surface area contributed by atoms with Gasteiger partial charge in [-0.2, -0.15) is 4.98 Å². The topological polar surface area (TPSA) is 58.3 Å². The summed E-state index contributed by atoms with van der Waals surface area (Å²) in [5, 5.41) is 12.1. The summed E-state index contributed by atoms with van der Waals surface area (Å²) in [6.45, 7) is 4.14. The van der Waals surface area contributed by atoms with E-state index in [1.165, 1.54) is 0 Å². The fourth-order valence-electron chi connectivity index (χ4n) is 1.56. The maximum Gasteiger partial charge on any atom is 0.296 e. The lowest BCUT2D eigenvalue weighted by Gasteiger charge is -2.23. The van der Waals surface area contributed by atoms with Crippen molar-refractivity contribution in [2.45, 2.75) is 25.8 Å². The SMILES string of the molecule is CC(C)(CCO)Nc1nc2ccccc2o1. The molecular formula is C12H16N2O2. The highest BCUT2D eigenvalue weighted by atomic mass is 16.4. The first-order valence-electron chi connectivity index (χ1n) is 5.35. The number of para-hydroxylation sites is 2. The van der Waals surface area contributed by atoms with Crippen LogP contribution in [-0.2, 0) is 0 Å². The van der Waals surface area contributed by atoms with E-state index in [-0.39, 0.29) is 12.1 Å². The molecule has 0 amide bonds. The van der Waals surface area contributed by atoms with Crippen molar-refractivity contribution in [2.75, 3.05) is 11.9 Å². The molecule has 0 unspecified atom stereocenters. The molecule has 0 radical (unpaired) electrons. The Bertz CT molecular complexity index is 444. The molecule has 0 saturated carbocycles. The Hall–Kier alpha value is -1.55. The quantitative estimate of drug-likeness (QED) is 0.830. The van der Waals surface area contributed by atoms with Gasteiger partial charge >= 0.3 is 0 Å². The molecule has 2 rings (SSSR count). The first-order chi connectivity index (χ1) is 7.61. The van der Waals surface area contributed by atoms with Gasteiger partial charge in [0.2, 0.25) is 0 Å². The first kappa shape index (κ1) is 11.0. The van der Waals surface area contributed by atoms with Crippen molar-refractivity contribution >= 4 is 17.1 Å². The number of fused-ring (bicyclic) bond motifs is 1. The molecule has 1 heterocycles. The third kappa shape index (κ3) is 2.33. The van der Waals surface area contributed by atoms with Crippen LogP contribution >= 0.6 is 0 Å². The zero-order valence-corrected chi connectivity index (χ0v) is 9.53. The average molecular weight is 220 g/mol. The minimum atomic E-state index is -0.227. The molecular weight excluding hydrogens is 204 g/mol. The number of hydrogen-bond acceptors (Lipinski definition) is 4. The van der Waals surface area contributed by atoms with Gasteiger partial charge in [-0.25, -0.2) is 0 Å². The number of benzene rings is 1. The molecule has 2 aromatic rings. The third-order valence-corrected chi connectivity index (χ3v) is 2.48. The smallest absolute Gasteiger partial charge is 0.296 e. The molecule has 86 valence electrons. The highest BCUT2D eigenvalue weighted by molar-refractivity contribution is 5.74. The van der Waals surface area contributed by atoms with Gasteiger partial charge in [-0.3, -0.25) is 0 Å². The summed E-state index contributed by atoms with van der Waals surface area (Å²) in [5.74, 6) is 0. The number of nitrogens with zero attached hydrogens (tertiary/aromatic N) is 1. The van der Waals surface area contributed by atoms with E-state index in [9.17, 15) is 0 Å². The van der Waals surface area contributed by atoms with E-state index < -0.39 is 0 Å². The second-order valence-electron chi connectivity index (χ2n) is 4.47. The van der Waals surface area contributed by atoms with Crippen LogP contribution < -0.4 is 5.32 Å². The van der Waals surface area contributed by atoms with Crippen molar-refractivity contribution in [3.8, 4) is 0 Å². The van der Waals surface area contributed by atoms with Gasteiger partial charge in [0.25, 0.3) is 6.01 Å². The van der Waals surface area contributed by atoms with Gasteiger partial charge < -0.3 is 14.8 Å². The average Bonchev–Trinajstić information content (AvgIpc) is 2.58. The van der Waals surface area contributed by atoms with Crippen molar-refractivity contribution in [1.29, 1.82) is 0 Å². The predicted molar refractivity (Wildman–Crippen MR) is 63.4 cm³/mol. The van der Waals surface area contributed by atoms with Gasteiger partial charge in [0, 0.05) is 12.1 Å². The number of nitrogens with one attached hydrogen (secondary N) is 1. The lowest BCUT2D eigenvalue weighted by Crippen LogP contribution is -2.31. The number of aliphatic hydroxyl groups excluding tert-OH is 1. The van der Waals surface area contributed by atoms with E-state index in [0.717, 1.165) is 11.1 Å². The molecule has 0 aliphatic rings. The molecule has 4 nitrogen and oxygen atoms in total. The summed E-state index contributed by atoms with van der Waals surface area (Å²) in [6, 6.07) is 8.12. The second-order valence-corrected chi connectivity index (χ2v) is 4.47. The number of rotatable bonds is 4. The number of hydrogen-bond donors (Lipinski definition) is 2. The van der Waals surface area contributed by atoms with E-state index in [0.29, 0.717) is 12.4 Å². The van der Waals surface area contributed by atoms with Crippen LogP contribution in [0, 0.1) is 0 Å². The Morgan fingerprint density at radius 3 is 2.81 bits per heavy atom. The highest BCUT2D eigenvalue weighted by Crippen LogP contribution is 2.22. The Kier molecular flexibility index (Phi) is 2.83. The van der Waals surface area contributed by atoms with E-state index in [4.69, 9.17) is 9.52 Å². The molecule has 0 bridgehead atoms. The zero-order valence-electron chi connectivity index (χ0n) is 9.53. The molecule has 0 atom stereocenters. The van der Waals surface area contributed by atoms with Crippen molar-refractivity contribution in [3.05, 3.63) is 24.3 Å². The van der Waals surface area contributed by atoms with E-state index >= 15 is 0 Å². The third-order valence-electron chi connectivity index (χ3n) is 2.48. The van der Waals surface area contributed by atoms with Crippen LogP contribution in [0.5, 0.6) is 0 Å². The van der Waals surface area contributed by atoms with Crippen LogP contribution in [0.25, 0.3) is 11.1 Å².